The summed E-state index contributed by atoms with van der Waals surface area (Å²) in [6, 6.07) is 0. The van der Waals surface area contributed by atoms with Crippen molar-refractivity contribution in [3.05, 3.63) is 0 Å². The Labute approximate surface area is 129 Å². The molecule has 0 aromatic carbocycles. The van der Waals surface area contributed by atoms with Crippen LogP contribution >= 0.6 is 0 Å². The highest BCUT2D eigenvalue weighted by Gasteiger charge is 2.32. The smallest absolute Gasteiger partial charge is 0.233 e. The lowest BCUT2D eigenvalue weighted by atomic mass is 9.86. The van der Waals surface area contributed by atoms with E-state index in [-0.39, 0.29) is 18.1 Å². The Balaban J connectivity index is 1.53. The number of carbonyl (C=O) groups excluding carboxylic acids is 1. The fraction of sp³-hybridized carbons (Fsp3) is 0.941. The highest BCUT2D eigenvalue weighted by molar-refractivity contribution is 5.78. The molecule has 2 aliphatic rings. The summed E-state index contributed by atoms with van der Waals surface area (Å²) in [5.74, 6) is 0.961. The summed E-state index contributed by atoms with van der Waals surface area (Å²) in [6.07, 6.45) is 13.6. The number of carbonyl (C=O) groups is 1. The molecule has 0 aromatic heterocycles. The van der Waals surface area contributed by atoms with Crippen molar-refractivity contribution in [3.63, 3.8) is 0 Å². The molecule has 2 fully saturated rings. The van der Waals surface area contributed by atoms with Crippen molar-refractivity contribution in [2.75, 3.05) is 19.7 Å². The van der Waals surface area contributed by atoms with Crippen molar-refractivity contribution in [2.24, 2.45) is 5.92 Å². The summed E-state index contributed by atoms with van der Waals surface area (Å²) in [6.45, 7) is 1.27. The van der Waals surface area contributed by atoms with Gasteiger partial charge in [-0.3, -0.25) is 4.79 Å². The summed E-state index contributed by atoms with van der Waals surface area (Å²) < 4.78 is 0. The predicted molar refractivity (Wildman–Crippen MR) is 85.1 cm³/mol. The molecular weight excluding hydrogens is 264 g/mol. The first-order valence-electron chi connectivity index (χ1n) is 8.87. The average Bonchev–Trinajstić information content (AvgIpc) is 3.00. The van der Waals surface area contributed by atoms with Crippen molar-refractivity contribution in [1.29, 1.82) is 0 Å². The van der Waals surface area contributed by atoms with Gasteiger partial charge >= 0.3 is 0 Å². The van der Waals surface area contributed by atoms with Crippen molar-refractivity contribution in [2.45, 2.75) is 76.2 Å². The van der Waals surface area contributed by atoms with Crippen molar-refractivity contribution >= 4 is 5.91 Å². The van der Waals surface area contributed by atoms with Gasteiger partial charge in [0.15, 0.2) is 0 Å². The molecule has 0 aromatic rings. The lowest BCUT2D eigenvalue weighted by Gasteiger charge is -2.27. The van der Waals surface area contributed by atoms with Gasteiger partial charge in [-0.2, -0.15) is 0 Å². The van der Waals surface area contributed by atoms with E-state index in [1.165, 1.54) is 38.5 Å². The molecule has 2 aliphatic carbocycles. The number of aliphatic hydroxyl groups excluding tert-OH is 1. The first kappa shape index (κ1) is 16.8. The molecule has 0 atom stereocenters. The van der Waals surface area contributed by atoms with Crippen LogP contribution in [0.15, 0.2) is 0 Å². The Hall–Kier alpha value is -0.610. The van der Waals surface area contributed by atoms with Crippen LogP contribution in [-0.2, 0) is 4.79 Å². The van der Waals surface area contributed by atoms with Gasteiger partial charge in [-0.25, -0.2) is 0 Å². The molecule has 0 heterocycles. The molecular formula is C17H32N2O2. The van der Waals surface area contributed by atoms with Crippen LogP contribution in [0.25, 0.3) is 0 Å². The summed E-state index contributed by atoms with van der Waals surface area (Å²) in [5.41, 5.74) is -0.195. The predicted octanol–water partition coefficient (Wildman–Crippen LogP) is 2.36. The quantitative estimate of drug-likeness (QED) is 0.603. The molecule has 0 bridgehead atoms. The number of hydrogen-bond donors (Lipinski definition) is 3. The fourth-order valence-corrected chi connectivity index (χ4v) is 3.87. The van der Waals surface area contributed by atoms with Crippen LogP contribution in [-0.4, -0.2) is 36.2 Å². The SMILES string of the molecule is O=C(CNC1(CO)CCCC1)NCCCC1CCCCC1. The molecule has 3 N–H and O–H groups in total. The van der Waals surface area contributed by atoms with Gasteiger partial charge in [0.2, 0.25) is 5.91 Å². The molecule has 2 saturated carbocycles. The van der Waals surface area contributed by atoms with E-state index in [1.807, 2.05) is 0 Å². The monoisotopic (exact) mass is 296 g/mol. The van der Waals surface area contributed by atoms with Gasteiger partial charge < -0.3 is 15.7 Å². The van der Waals surface area contributed by atoms with Crippen LogP contribution in [0, 0.1) is 5.92 Å². The maximum absolute atomic E-state index is 11.9. The van der Waals surface area contributed by atoms with E-state index in [9.17, 15) is 9.90 Å². The zero-order valence-electron chi connectivity index (χ0n) is 13.3. The van der Waals surface area contributed by atoms with Crippen LogP contribution in [0.2, 0.25) is 0 Å². The van der Waals surface area contributed by atoms with Gasteiger partial charge in [0, 0.05) is 12.1 Å². The first-order valence-corrected chi connectivity index (χ1v) is 8.87. The van der Waals surface area contributed by atoms with Crippen molar-refractivity contribution in [3.8, 4) is 0 Å². The molecule has 1 amide bonds. The van der Waals surface area contributed by atoms with E-state index < -0.39 is 0 Å². The largest absolute Gasteiger partial charge is 0.394 e. The van der Waals surface area contributed by atoms with E-state index in [0.717, 1.165) is 44.6 Å². The lowest BCUT2D eigenvalue weighted by Crippen LogP contribution is -2.50. The van der Waals surface area contributed by atoms with Crippen LogP contribution in [0.5, 0.6) is 0 Å². The summed E-state index contributed by atoms with van der Waals surface area (Å²) in [4.78, 5) is 11.9. The molecule has 0 aliphatic heterocycles. The second-order valence-electron chi connectivity index (χ2n) is 7.00. The van der Waals surface area contributed by atoms with Crippen LogP contribution in [0.4, 0.5) is 0 Å². The Morgan fingerprint density at radius 2 is 1.81 bits per heavy atom. The van der Waals surface area contributed by atoms with Gasteiger partial charge in [-0.05, 0) is 31.6 Å². The van der Waals surface area contributed by atoms with E-state index in [0.29, 0.717) is 6.54 Å². The van der Waals surface area contributed by atoms with Gasteiger partial charge in [0.1, 0.15) is 0 Å². The summed E-state index contributed by atoms with van der Waals surface area (Å²) >= 11 is 0. The van der Waals surface area contributed by atoms with Crippen LogP contribution in [0.3, 0.4) is 0 Å². The Bertz CT molecular complexity index is 308. The second-order valence-corrected chi connectivity index (χ2v) is 7.00. The molecule has 2 rings (SSSR count). The standard InChI is InChI=1S/C17H32N2O2/c20-14-17(10-4-5-11-17)19-13-16(21)18-12-6-9-15-7-2-1-3-8-15/h15,19-20H,1-14H2,(H,18,21). The number of aliphatic hydroxyl groups is 1. The highest BCUT2D eigenvalue weighted by atomic mass is 16.3. The highest BCUT2D eigenvalue weighted by Crippen LogP contribution is 2.29. The topological polar surface area (TPSA) is 61.4 Å². The van der Waals surface area contributed by atoms with Crippen LogP contribution < -0.4 is 10.6 Å². The second kappa shape index (κ2) is 8.74. The zero-order chi connectivity index (χ0) is 15.0. The van der Waals surface area contributed by atoms with E-state index in [2.05, 4.69) is 10.6 Å². The molecule has 0 saturated heterocycles. The number of rotatable bonds is 8. The van der Waals surface area contributed by atoms with E-state index in [4.69, 9.17) is 0 Å². The van der Waals surface area contributed by atoms with Gasteiger partial charge in [0.05, 0.1) is 13.2 Å². The molecule has 0 unspecified atom stereocenters. The molecule has 21 heavy (non-hydrogen) atoms. The Kier molecular flexibility index (Phi) is 6.97. The van der Waals surface area contributed by atoms with E-state index >= 15 is 0 Å². The summed E-state index contributed by atoms with van der Waals surface area (Å²) in [7, 11) is 0. The minimum Gasteiger partial charge on any atom is -0.394 e. The Morgan fingerprint density at radius 1 is 1.10 bits per heavy atom. The summed E-state index contributed by atoms with van der Waals surface area (Å²) in [5, 5.41) is 15.8. The molecule has 4 nitrogen and oxygen atoms in total. The Morgan fingerprint density at radius 3 is 2.48 bits per heavy atom. The average molecular weight is 296 g/mol. The molecule has 0 radical (unpaired) electrons. The molecule has 0 spiro atoms. The van der Waals surface area contributed by atoms with Crippen LogP contribution in [0.1, 0.15) is 70.6 Å². The minimum atomic E-state index is -0.195. The molecule has 4 heteroatoms. The zero-order valence-corrected chi connectivity index (χ0v) is 13.3. The minimum absolute atomic E-state index is 0.0679. The van der Waals surface area contributed by atoms with E-state index in [1.54, 1.807) is 0 Å². The number of amides is 1. The molecule has 122 valence electrons. The van der Waals surface area contributed by atoms with Gasteiger partial charge in [-0.15, -0.1) is 0 Å². The number of hydrogen-bond acceptors (Lipinski definition) is 3. The maximum Gasteiger partial charge on any atom is 0.233 e. The third kappa shape index (κ3) is 5.59. The van der Waals surface area contributed by atoms with Crippen molar-refractivity contribution in [1.82, 2.24) is 10.6 Å². The van der Waals surface area contributed by atoms with Gasteiger partial charge in [0.25, 0.3) is 0 Å². The van der Waals surface area contributed by atoms with Crippen molar-refractivity contribution < 1.29 is 9.90 Å². The third-order valence-electron chi connectivity index (χ3n) is 5.32. The fourth-order valence-electron chi connectivity index (χ4n) is 3.87. The first-order chi connectivity index (χ1) is 10.2. The number of nitrogens with one attached hydrogen (secondary N) is 2. The normalized spacial score (nSPS) is 22.3. The lowest BCUT2D eigenvalue weighted by molar-refractivity contribution is -0.120. The third-order valence-corrected chi connectivity index (χ3v) is 5.32. The maximum atomic E-state index is 11.9. The van der Waals surface area contributed by atoms with Gasteiger partial charge in [-0.1, -0.05) is 44.9 Å².